The van der Waals surface area contributed by atoms with Crippen LogP contribution in [0.5, 0.6) is 11.5 Å². The van der Waals surface area contributed by atoms with Crippen molar-refractivity contribution in [2.24, 2.45) is 5.10 Å². The second-order valence-electron chi connectivity index (χ2n) is 9.17. The quantitative estimate of drug-likeness (QED) is 0.127. The van der Waals surface area contributed by atoms with Gasteiger partial charge in [0.25, 0.3) is 15.9 Å². The molecule has 8 nitrogen and oxygen atoms in total. The van der Waals surface area contributed by atoms with Gasteiger partial charge in [-0.05, 0) is 94.6 Å². The third-order valence-electron chi connectivity index (χ3n) is 6.03. The minimum Gasteiger partial charge on any atom is -0.493 e. The molecule has 4 aromatic rings. The number of sulfonamides is 1. The van der Waals surface area contributed by atoms with Crippen LogP contribution in [0.1, 0.15) is 16.7 Å². The van der Waals surface area contributed by atoms with Gasteiger partial charge >= 0.3 is 0 Å². The second kappa shape index (κ2) is 14.5. The van der Waals surface area contributed by atoms with Crippen LogP contribution < -0.4 is 19.2 Å². The van der Waals surface area contributed by atoms with Gasteiger partial charge in [-0.2, -0.15) is 5.10 Å². The SMILES string of the molecule is COc1cc(/C=N\NC(=O)CN(c2ccc(Cl)cc2)S(=O)(=O)c2ccc(C)cc2)cc(Br)c1OCc1ccc(Cl)c(Cl)c1. The average molecular weight is 726 g/mol. The Balaban J connectivity index is 1.48. The molecular weight excluding hydrogens is 701 g/mol. The largest absolute Gasteiger partial charge is 0.493 e. The highest BCUT2D eigenvalue weighted by Gasteiger charge is 2.27. The molecule has 224 valence electrons. The molecule has 13 heteroatoms. The van der Waals surface area contributed by atoms with E-state index >= 15 is 0 Å². The lowest BCUT2D eigenvalue weighted by Crippen LogP contribution is -2.39. The summed E-state index contributed by atoms with van der Waals surface area (Å²) in [6.07, 6.45) is 1.40. The van der Waals surface area contributed by atoms with Gasteiger partial charge < -0.3 is 9.47 Å². The number of rotatable bonds is 11. The highest BCUT2D eigenvalue weighted by molar-refractivity contribution is 9.10. The standard InChI is InChI=1S/C30H25BrCl3N3O5S/c1-19-3-10-24(11-4-19)43(39,40)37(23-8-6-22(32)7-9-23)17-29(38)36-35-16-21-13-25(31)30(28(15-21)41-2)42-18-20-5-12-26(33)27(34)14-20/h3-16H,17-18H2,1-2H3,(H,36,38)/b35-16-. The average Bonchev–Trinajstić information content (AvgIpc) is 2.97. The highest BCUT2D eigenvalue weighted by atomic mass is 79.9. The molecule has 1 N–H and O–H groups in total. The Morgan fingerprint density at radius 3 is 2.33 bits per heavy atom. The monoisotopic (exact) mass is 723 g/mol. The number of nitrogens with zero attached hydrogens (tertiary/aromatic N) is 2. The fourth-order valence-electron chi connectivity index (χ4n) is 3.84. The van der Waals surface area contributed by atoms with Crippen LogP contribution in [0, 0.1) is 6.92 Å². The Bertz CT molecular complexity index is 1750. The zero-order chi connectivity index (χ0) is 31.1. The van der Waals surface area contributed by atoms with E-state index in [2.05, 4.69) is 26.5 Å². The van der Waals surface area contributed by atoms with Gasteiger partial charge in [-0.3, -0.25) is 9.10 Å². The van der Waals surface area contributed by atoms with Gasteiger partial charge in [0.05, 0.1) is 38.4 Å². The lowest BCUT2D eigenvalue weighted by molar-refractivity contribution is -0.119. The van der Waals surface area contributed by atoms with E-state index in [9.17, 15) is 13.2 Å². The summed E-state index contributed by atoms with van der Waals surface area (Å²) >= 11 is 21.6. The van der Waals surface area contributed by atoms with Crippen LogP contribution in [0.4, 0.5) is 5.69 Å². The number of aryl methyl sites for hydroxylation is 1. The first-order valence-electron chi connectivity index (χ1n) is 12.6. The van der Waals surface area contributed by atoms with Gasteiger partial charge in [-0.25, -0.2) is 13.8 Å². The van der Waals surface area contributed by atoms with Crippen molar-refractivity contribution in [3.05, 3.63) is 115 Å². The molecule has 0 unspecified atom stereocenters. The van der Waals surface area contributed by atoms with E-state index in [1.807, 2.05) is 6.92 Å². The summed E-state index contributed by atoms with van der Waals surface area (Å²) in [5.74, 6) is 0.212. The zero-order valence-electron chi connectivity index (χ0n) is 22.9. The van der Waals surface area contributed by atoms with E-state index in [4.69, 9.17) is 44.3 Å². The summed E-state index contributed by atoms with van der Waals surface area (Å²) in [6.45, 7) is 1.54. The molecule has 0 saturated heterocycles. The van der Waals surface area contributed by atoms with Crippen LogP contribution in [0.2, 0.25) is 15.1 Å². The smallest absolute Gasteiger partial charge is 0.264 e. The maximum absolute atomic E-state index is 13.5. The van der Waals surface area contributed by atoms with Crippen molar-refractivity contribution in [3.63, 3.8) is 0 Å². The van der Waals surface area contributed by atoms with Gasteiger partial charge in [0.2, 0.25) is 0 Å². The van der Waals surface area contributed by atoms with Gasteiger partial charge in [-0.15, -0.1) is 0 Å². The number of benzene rings is 4. The highest BCUT2D eigenvalue weighted by Crippen LogP contribution is 2.37. The number of hydrazone groups is 1. The van der Waals surface area contributed by atoms with Gasteiger partial charge in [0.15, 0.2) is 11.5 Å². The van der Waals surface area contributed by atoms with Crippen molar-refractivity contribution in [3.8, 4) is 11.5 Å². The Kier molecular flexibility index (Phi) is 11.0. The number of hydrogen-bond acceptors (Lipinski definition) is 6. The van der Waals surface area contributed by atoms with E-state index in [0.29, 0.717) is 36.6 Å². The molecule has 43 heavy (non-hydrogen) atoms. The van der Waals surface area contributed by atoms with Crippen LogP contribution in [0.3, 0.4) is 0 Å². The van der Waals surface area contributed by atoms with E-state index in [0.717, 1.165) is 15.4 Å². The lowest BCUT2D eigenvalue weighted by atomic mass is 10.2. The molecule has 0 fully saturated rings. The fraction of sp³-hybridized carbons (Fsp3) is 0.133. The molecule has 0 heterocycles. The predicted molar refractivity (Wildman–Crippen MR) is 174 cm³/mol. The van der Waals surface area contributed by atoms with Gasteiger partial charge in [0, 0.05) is 5.02 Å². The van der Waals surface area contributed by atoms with Crippen LogP contribution >= 0.6 is 50.7 Å². The summed E-state index contributed by atoms with van der Waals surface area (Å²) < 4.78 is 40.0. The summed E-state index contributed by atoms with van der Waals surface area (Å²) in [5, 5.41) is 5.32. The Morgan fingerprint density at radius 2 is 1.67 bits per heavy atom. The normalized spacial score (nSPS) is 11.4. The summed E-state index contributed by atoms with van der Waals surface area (Å²) in [5.41, 5.74) is 4.96. The predicted octanol–water partition coefficient (Wildman–Crippen LogP) is 7.65. The van der Waals surface area contributed by atoms with Crippen LogP contribution in [-0.2, 0) is 21.4 Å². The molecule has 0 aromatic heterocycles. The Labute approximate surface area is 273 Å². The number of carbonyl (C=O) groups excluding carboxylic acids is 1. The van der Waals surface area contributed by atoms with Crippen LogP contribution in [0.25, 0.3) is 0 Å². The van der Waals surface area contributed by atoms with Crippen LogP contribution in [-0.4, -0.2) is 34.2 Å². The number of anilines is 1. The maximum Gasteiger partial charge on any atom is 0.264 e. The fourth-order valence-corrected chi connectivity index (χ4v) is 6.29. The van der Waals surface area contributed by atoms with E-state index in [-0.39, 0.29) is 17.2 Å². The first kappa shape index (κ1) is 32.6. The Hall–Kier alpha value is -3.28. The maximum atomic E-state index is 13.5. The molecule has 0 aliphatic rings. The molecule has 4 rings (SSSR count). The lowest BCUT2D eigenvalue weighted by Gasteiger charge is -2.23. The van der Waals surface area contributed by atoms with Gasteiger partial charge in [-0.1, -0.05) is 58.6 Å². The molecule has 0 spiro atoms. The van der Waals surface area contributed by atoms with Crippen molar-refractivity contribution in [1.29, 1.82) is 0 Å². The Morgan fingerprint density at radius 1 is 0.977 bits per heavy atom. The second-order valence-corrected chi connectivity index (χ2v) is 13.1. The molecule has 0 aliphatic heterocycles. The molecule has 0 aliphatic carbocycles. The molecular formula is C30H25BrCl3N3O5S. The third kappa shape index (κ3) is 8.43. The number of carbonyl (C=O) groups is 1. The number of methoxy groups -OCH3 is 1. The number of amides is 1. The number of halogens is 4. The minimum absolute atomic E-state index is 0.0442. The molecule has 0 atom stereocenters. The number of hydrogen-bond donors (Lipinski definition) is 1. The number of nitrogens with one attached hydrogen (secondary N) is 1. The van der Waals surface area contributed by atoms with Crippen LogP contribution in [0.15, 0.2) is 93.3 Å². The first-order chi connectivity index (χ1) is 20.5. The minimum atomic E-state index is -4.08. The van der Waals surface area contributed by atoms with Crippen molar-refractivity contribution in [1.82, 2.24) is 5.43 Å². The molecule has 4 aromatic carbocycles. The van der Waals surface area contributed by atoms with Crippen molar-refractivity contribution < 1.29 is 22.7 Å². The molecule has 0 radical (unpaired) electrons. The number of ether oxygens (including phenoxy) is 2. The zero-order valence-corrected chi connectivity index (χ0v) is 27.5. The van der Waals surface area contributed by atoms with Crippen molar-refractivity contribution in [2.75, 3.05) is 18.0 Å². The first-order valence-corrected chi connectivity index (χ1v) is 16.0. The molecule has 0 bridgehead atoms. The van der Waals surface area contributed by atoms with E-state index < -0.39 is 22.5 Å². The van der Waals surface area contributed by atoms with Crippen molar-refractivity contribution in [2.45, 2.75) is 18.4 Å². The summed E-state index contributed by atoms with van der Waals surface area (Å²) in [6, 6.07) is 21.1. The summed E-state index contributed by atoms with van der Waals surface area (Å²) in [4.78, 5) is 12.9. The summed E-state index contributed by atoms with van der Waals surface area (Å²) in [7, 11) is -2.58. The van der Waals surface area contributed by atoms with Gasteiger partial charge in [0.1, 0.15) is 13.2 Å². The third-order valence-corrected chi connectivity index (χ3v) is 9.40. The molecule has 1 amide bonds. The topological polar surface area (TPSA) is 97.3 Å². The van der Waals surface area contributed by atoms with E-state index in [1.165, 1.54) is 37.6 Å². The van der Waals surface area contributed by atoms with E-state index in [1.54, 1.807) is 54.6 Å². The van der Waals surface area contributed by atoms with Crippen molar-refractivity contribution >= 4 is 78.6 Å². The molecule has 0 saturated carbocycles.